The van der Waals surface area contributed by atoms with Gasteiger partial charge in [0.05, 0.1) is 0 Å². The lowest BCUT2D eigenvalue weighted by Gasteiger charge is -2.20. The molecule has 0 saturated heterocycles. The summed E-state index contributed by atoms with van der Waals surface area (Å²) in [6.07, 6.45) is 0. The van der Waals surface area contributed by atoms with Gasteiger partial charge in [-0.15, -0.1) is 0 Å². The molecule has 6 nitrogen and oxygen atoms in total. The van der Waals surface area contributed by atoms with Gasteiger partial charge in [-0.2, -0.15) is 0 Å². The van der Waals surface area contributed by atoms with Crippen molar-refractivity contribution in [1.82, 2.24) is 5.32 Å². The van der Waals surface area contributed by atoms with Crippen LogP contribution in [0, 0.1) is 5.92 Å². The first-order valence-electron chi connectivity index (χ1n) is 6.68. The fourth-order valence-electron chi connectivity index (χ4n) is 1.59. The van der Waals surface area contributed by atoms with Crippen LogP contribution in [0.5, 0.6) is 0 Å². The zero-order valence-corrected chi connectivity index (χ0v) is 12.4. The van der Waals surface area contributed by atoms with Crippen LogP contribution < -0.4 is 10.6 Å². The number of Topliss-reactive ketones (excluding diaryl/α,β-unsaturated/α-hetero) is 1. The van der Waals surface area contributed by atoms with E-state index in [1.807, 2.05) is 6.07 Å². The minimum atomic E-state index is -0.812. The number of hydrogen-bond donors (Lipinski definition) is 2. The molecule has 0 saturated carbocycles. The van der Waals surface area contributed by atoms with Gasteiger partial charge in [0.25, 0.3) is 0 Å². The molecule has 0 heterocycles. The zero-order valence-electron chi connectivity index (χ0n) is 12.4. The molecule has 0 aromatic heterocycles. The molecule has 2 N–H and O–H groups in total. The number of benzene rings is 1. The molecule has 0 aliphatic rings. The summed E-state index contributed by atoms with van der Waals surface area (Å²) in [4.78, 5) is 34.6. The van der Waals surface area contributed by atoms with Crippen LogP contribution in [0.25, 0.3) is 0 Å². The Labute approximate surface area is 123 Å². The quantitative estimate of drug-likeness (QED) is 0.785. The number of esters is 1. The maximum atomic E-state index is 11.9. The van der Waals surface area contributed by atoms with Crippen LogP contribution in [-0.2, 0) is 14.3 Å². The molecule has 6 heteroatoms. The fraction of sp³-hybridized carbons (Fsp3) is 0.400. The Kier molecular flexibility index (Phi) is 6.39. The average Bonchev–Trinajstić information content (AvgIpc) is 2.43. The number of ketones is 1. The maximum absolute atomic E-state index is 11.9. The molecule has 0 fully saturated rings. The number of anilines is 1. The summed E-state index contributed by atoms with van der Waals surface area (Å²) < 4.78 is 4.85. The van der Waals surface area contributed by atoms with Gasteiger partial charge in [0.2, 0.25) is 0 Å². The van der Waals surface area contributed by atoms with Crippen molar-refractivity contribution in [1.29, 1.82) is 0 Å². The van der Waals surface area contributed by atoms with Gasteiger partial charge in [-0.3, -0.25) is 4.79 Å². The van der Waals surface area contributed by atoms with Gasteiger partial charge in [0, 0.05) is 5.69 Å². The molecule has 2 amide bonds. The largest absolute Gasteiger partial charge is 0.456 e. The molecule has 1 rings (SSSR count). The number of nitrogens with one attached hydrogen (secondary N) is 2. The number of carbonyl (C=O) groups is 3. The van der Waals surface area contributed by atoms with Crippen LogP contribution in [0.1, 0.15) is 20.8 Å². The monoisotopic (exact) mass is 292 g/mol. The Balaban J connectivity index is 2.59. The summed E-state index contributed by atoms with van der Waals surface area (Å²) in [5, 5.41) is 5.17. The third-order valence-corrected chi connectivity index (χ3v) is 2.66. The first-order valence-corrected chi connectivity index (χ1v) is 6.68. The summed E-state index contributed by atoms with van der Waals surface area (Å²) in [6.45, 7) is 4.60. The van der Waals surface area contributed by atoms with Crippen LogP contribution in [0.3, 0.4) is 0 Å². The predicted octanol–water partition coefficient (Wildman–Crippen LogP) is 1.96. The molecular weight excluding hydrogens is 272 g/mol. The molecule has 1 atom stereocenters. The number of rotatable bonds is 6. The van der Waals surface area contributed by atoms with Gasteiger partial charge in [-0.05, 0) is 25.0 Å². The van der Waals surface area contributed by atoms with E-state index in [0.29, 0.717) is 5.69 Å². The average molecular weight is 292 g/mol. The second-order valence-electron chi connectivity index (χ2n) is 5.00. The van der Waals surface area contributed by atoms with Crippen LogP contribution in [0.4, 0.5) is 10.5 Å². The Morgan fingerprint density at radius 2 is 1.76 bits per heavy atom. The van der Waals surface area contributed by atoms with E-state index >= 15 is 0 Å². The van der Waals surface area contributed by atoms with Crippen molar-refractivity contribution in [2.24, 2.45) is 5.92 Å². The maximum Gasteiger partial charge on any atom is 0.329 e. The Morgan fingerprint density at radius 3 is 2.29 bits per heavy atom. The minimum absolute atomic E-state index is 0.161. The van der Waals surface area contributed by atoms with Gasteiger partial charge in [-0.1, -0.05) is 32.0 Å². The first kappa shape index (κ1) is 16.7. The van der Waals surface area contributed by atoms with Gasteiger partial charge < -0.3 is 15.4 Å². The van der Waals surface area contributed by atoms with Gasteiger partial charge in [-0.25, -0.2) is 9.59 Å². The number of urea groups is 1. The standard InChI is InChI=1S/C15H20N2O4/c1-10(2)13(14(19)21-9-11(3)18)17-15(20)16-12-7-5-4-6-8-12/h4-8,10,13H,9H2,1-3H3,(H2,16,17,20)/t13-/m0/s1. The van der Waals surface area contributed by atoms with E-state index < -0.39 is 18.0 Å². The van der Waals surface area contributed by atoms with E-state index in [4.69, 9.17) is 4.74 Å². The number of carbonyl (C=O) groups excluding carboxylic acids is 3. The Bertz CT molecular complexity index is 500. The van der Waals surface area contributed by atoms with Crippen molar-refractivity contribution >= 4 is 23.5 Å². The number of ether oxygens (including phenoxy) is 1. The van der Waals surface area contributed by atoms with Gasteiger partial charge in [0.1, 0.15) is 12.6 Å². The molecule has 114 valence electrons. The Morgan fingerprint density at radius 1 is 1.14 bits per heavy atom. The van der Waals surface area contributed by atoms with Gasteiger partial charge in [0.15, 0.2) is 5.78 Å². The lowest BCUT2D eigenvalue weighted by Crippen LogP contribution is -2.47. The molecule has 0 aliphatic heterocycles. The summed E-state index contributed by atoms with van der Waals surface area (Å²) in [5.41, 5.74) is 0.620. The van der Waals surface area contributed by atoms with E-state index in [9.17, 15) is 14.4 Å². The van der Waals surface area contributed by atoms with E-state index in [0.717, 1.165) is 0 Å². The lowest BCUT2D eigenvalue weighted by molar-refractivity contribution is -0.150. The molecule has 0 radical (unpaired) electrons. The highest BCUT2D eigenvalue weighted by molar-refractivity contribution is 5.93. The number of hydrogen-bond acceptors (Lipinski definition) is 4. The molecular formula is C15H20N2O4. The number of para-hydroxylation sites is 1. The van der Waals surface area contributed by atoms with Crippen molar-refractivity contribution < 1.29 is 19.1 Å². The molecule has 21 heavy (non-hydrogen) atoms. The SMILES string of the molecule is CC(=O)COC(=O)[C@@H](NC(=O)Nc1ccccc1)C(C)C. The van der Waals surface area contributed by atoms with Gasteiger partial charge >= 0.3 is 12.0 Å². The van der Waals surface area contributed by atoms with Crippen LogP contribution >= 0.6 is 0 Å². The highest BCUT2D eigenvalue weighted by Gasteiger charge is 2.26. The molecule has 0 spiro atoms. The molecule has 1 aromatic carbocycles. The smallest absolute Gasteiger partial charge is 0.329 e. The second-order valence-corrected chi connectivity index (χ2v) is 5.00. The number of amides is 2. The normalized spacial score (nSPS) is 11.6. The van der Waals surface area contributed by atoms with Crippen molar-refractivity contribution in [2.45, 2.75) is 26.8 Å². The molecule has 0 bridgehead atoms. The third kappa shape index (κ3) is 6.07. The van der Waals surface area contributed by atoms with Crippen LogP contribution in [0.2, 0.25) is 0 Å². The first-order chi connectivity index (χ1) is 9.90. The van der Waals surface area contributed by atoms with E-state index in [1.165, 1.54) is 6.92 Å². The summed E-state index contributed by atoms with van der Waals surface area (Å²) in [7, 11) is 0. The van der Waals surface area contributed by atoms with Crippen molar-refractivity contribution in [3.63, 3.8) is 0 Å². The zero-order chi connectivity index (χ0) is 15.8. The third-order valence-electron chi connectivity index (χ3n) is 2.66. The fourth-order valence-corrected chi connectivity index (χ4v) is 1.59. The molecule has 1 aromatic rings. The minimum Gasteiger partial charge on any atom is -0.456 e. The van der Waals surface area contributed by atoms with E-state index in [-0.39, 0.29) is 18.3 Å². The van der Waals surface area contributed by atoms with E-state index in [2.05, 4.69) is 10.6 Å². The summed E-state index contributed by atoms with van der Waals surface area (Å²) in [6, 6.07) is 7.57. The van der Waals surface area contributed by atoms with E-state index in [1.54, 1.807) is 38.1 Å². The van der Waals surface area contributed by atoms with Crippen LogP contribution in [0.15, 0.2) is 30.3 Å². The highest BCUT2D eigenvalue weighted by Crippen LogP contribution is 2.07. The molecule has 0 unspecified atom stereocenters. The summed E-state index contributed by atoms with van der Waals surface area (Å²) >= 11 is 0. The summed E-state index contributed by atoms with van der Waals surface area (Å²) in [5.74, 6) is -1.03. The predicted molar refractivity (Wildman–Crippen MR) is 78.9 cm³/mol. The van der Waals surface area contributed by atoms with Crippen molar-refractivity contribution in [3.8, 4) is 0 Å². The molecule has 0 aliphatic carbocycles. The second kappa shape index (κ2) is 8.04. The highest BCUT2D eigenvalue weighted by atomic mass is 16.5. The Hall–Kier alpha value is -2.37. The topological polar surface area (TPSA) is 84.5 Å². The van der Waals surface area contributed by atoms with Crippen LogP contribution in [-0.4, -0.2) is 30.4 Å². The lowest BCUT2D eigenvalue weighted by atomic mass is 10.1. The van der Waals surface area contributed by atoms with Crippen molar-refractivity contribution in [2.75, 3.05) is 11.9 Å². The van der Waals surface area contributed by atoms with Crippen molar-refractivity contribution in [3.05, 3.63) is 30.3 Å².